The number of anilines is 3. The van der Waals surface area contributed by atoms with Crippen molar-refractivity contribution in [3.8, 4) is 0 Å². The van der Waals surface area contributed by atoms with E-state index in [2.05, 4.69) is 55.6 Å². The summed E-state index contributed by atoms with van der Waals surface area (Å²) in [6, 6.07) is 8.73. The van der Waals surface area contributed by atoms with Crippen molar-refractivity contribution in [1.29, 1.82) is 0 Å². The molecule has 2 aromatic rings. The maximum atomic E-state index is 4.63. The first kappa shape index (κ1) is 16.2. The van der Waals surface area contributed by atoms with Gasteiger partial charge in [0, 0.05) is 28.0 Å². The average molecular weight is 375 g/mol. The Morgan fingerprint density at radius 2 is 1.83 bits per heavy atom. The van der Waals surface area contributed by atoms with E-state index in [1.54, 1.807) is 0 Å². The van der Waals surface area contributed by atoms with Crippen LogP contribution in [0.2, 0.25) is 0 Å². The van der Waals surface area contributed by atoms with Gasteiger partial charge >= 0.3 is 0 Å². The minimum Gasteiger partial charge on any atom is -0.367 e. The van der Waals surface area contributed by atoms with Crippen LogP contribution in [0.5, 0.6) is 0 Å². The van der Waals surface area contributed by atoms with Gasteiger partial charge in [-0.25, -0.2) is 4.98 Å². The van der Waals surface area contributed by atoms with Crippen LogP contribution in [-0.2, 0) is 0 Å². The molecule has 0 saturated heterocycles. The van der Waals surface area contributed by atoms with Gasteiger partial charge in [0.25, 0.3) is 0 Å². The van der Waals surface area contributed by atoms with Crippen molar-refractivity contribution in [2.24, 2.45) is 0 Å². The zero-order valence-corrected chi connectivity index (χ0v) is 15.3. The maximum absolute atomic E-state index is 4.63. The lowest BCUT2D eigenvalue weighted by molar-refractivity contribution is 0.462. The summed E-state index contributed by atoms with van der Waals surface area (Å²) in [4.78, 5) is 9.12. The minimum absolute atomic E-state index is 0.541. The van der Waals surface area contributed by atoms with Gasteiger partial charge in [0.15, 0.2) is 0 Å². The van der Waals surface area contributed by atoms with Crippen molar-refractivity contribution in [3.63, 3.8) is 0 Å². The van der Waals surface area contributed by atoms with Crippen molar-refractivity contribution in [2.75, 3.05) is 10.6 Å². The zero-order chi connectivity index (χ0) is 16.2. The van der Waals surface area contributed by atoms with Crippen LogP contribution < -0.4 is 10.6 Å². The molecule has 3 rings (SSSR count). The summed E-state index contributed by atoms with van der Waals surface area (Å²) in [5, 5.41) is 6.87. The summed E-state index contributed by atoms with van der Waals surface area (Å²) < 4.78 is 1.08. The molecule has 0 radical (unpaired) electrons. The van der Waals surface area contributed by atoms with Gasteiger partial charge in [-0.2, -0.15) is 4.98 Å². The van der Waals surface area contributed by atoms with Gasteiger partial charge in [-0.3, -0.25) is 0 Å². The first-order valence-corrected chi connectivity index (χ1v) is 9.05. The smallest absolute Gasteiger partial charge is 0.229 e. The van der Waals surface area contributed by atoms with Crippen LogP contribution in [-0.4, -0.2) is 16.0 Å². The van der Waals surface area contributed by atoms with E-state index in [4.69, 9.17) is 0 Å². The first-order chi connectivity index (χ1) is 11.1. The number of aryl methyl sites for hydroxylation is 2. The Morgan fingerprint density at radius 1 is 1.04 bits per heavy atom. The molecule has 1 aromatic heterocycles. The summed E-state index contributed by atoms with van der Waals surface area (Å²) in [5.41, 5.74) is 3.16. The van der Waals surface area contributed by atoms with E-state index in [1.165, 1.54) is 37.7 Å². The summed E-state index contributed by atoms with van der Waals surface area (Å²) in [7, 11) is 0. The number of nitrogens with zero attached hydrogens (tertiary/aromatic N) is 2. The molecule has 1 saturated carbocycles. The third-order valence-electron chi connectivity index (χ3n) is 4.24. The number of rotatable bonds is 4. The van der Waals surface area contributed by atoms with E-state index >= 15 is 0 Å². The van der Waals surface area contributed by atoms with Crippen molar-refractivity contribution in [2.45, 2.75) is 52.0 Å². The number of halogens is 1. The highest BCUT2D eigenvalue weighted by atomic mass is 79.9. The topological polar surface area (TPSA) is 49.8 Å². The van der Waals surface area contributed by atoms with Crippen LogP contribution in [0.25, 0.3) is 0 Å². The molecule has 23 heavy (non-hydrogen) atoms. The van der Waals surface area contributed by atoms with Crippen LogP contribution in [0.3, 0.4) is 0 Å². The molecule has 2 N–H and O–H groups in total. The van der Waals surface area contributed by atoms with Gasteiger partial charge in [0.1, 0.15) is 5.82 Å². The molecule has 1 heterocycles. The molecule has 0 aliphatic heterocycles. The molecule has 0 amide bonds. The standard InChI is InChI=1S/C18H23BrN4/c1-12-8-9-15(11-16(12)19)22-18-20-13(2)10-17(23-18)21-14-6-4-3-5-7-14/h8-11,14H,3-7H2,1-2H3,(H2,20,21,22,23). The molecule has 122 valence electrons. The van der Waals surface area contributed by atoms with Crippen LogP contribution in [0.4, 0.5) is 17.5 Å². The van der Waals surface area contributed by atoms with Crippen LogP contribution in [0.1, 0.15) is 43.4 Å². The Kier molecular flexibility index (Phi) is 5.16. The van der Waals surface area contributed by atoms with Gasteiger partial charge in [0.2, 0.25) is 5.95 Å². The number of nitrogens with one attached hydrogen (secondary N) is 2. The highest BCUT2D eigenvalue weighted by molar-refractivity contribution is 9.10. The summed E-state index contributed by atoms with van der Waals surface area (Å²) in [5.74, 6) is 1.55. The highest BCUT2D eigenvalue weighted by Gasteiger charge is 2.14. The van der Waals surface area contributed by atoms with Crippen LogP contribution in [0.15, 0.2) is 28.7 Å². The molecule has 1 aliphatic carbocycles. The van der Waals surface area contributed by atoms with Crippen LogP contribution >= 0.6 is 15.9 Å². The Labute approximate surface area is 146 Å². The normalized spacial score (nSPS) is 15.4. The third kappa shape index (κ3) is 4.44. The van der Waals surface area contributed by atoms with Crippen molar-refractivity contribution < 1.29 is 0 Å². The Bertz CT molecular complexity index is 681. The van der Waals surface area contributed by atoms with E-state index in [-0.39, 0.29) is 0 Å². The zero-order valence-electron chi connectivity index (χ0n) is 13.7. The second-order valence-corrected chi connectivity index (χ2v) is 7.14. The fourth-order valence-corrected chi connectivity index (χ4v) is 3.33. The quantitative estimate of drug-likeness (QED) is 0.757. The van der Waals surface area contributed by atoms with E-state index in [1.807, 2.05) is 19.1 Å². The summed E-state index contributed by atoms with van der Waals surface area (Å²) in [6.45, 7) is 4.08. The van der Waals surface area contributed by atoms with Crippen molar-refractivity contribution in [3.05, 3.63) is 40.0 Å². The molecule has 1 aromatic carbocycles. The van der Waals surface area contributed by atoms with Gasteiger partial charge < -0.3 is 10.6 Å². The Morgan fingerprint density at radius 3 is 2.57 bits per heavy atom. The lowest BCUT2D eigenvalue weighted by atomic mass is 9.95. The van der Waals surface area contributed by atoms with E-state index < -0.39 is 0 Å². The van der Waals surface area contributed by atoms with E-state index in [0.717, 1.165) is 21.7 Å². The molecule has 0 bridgehead atoms. The van der Waals surface area contributed by atoms with E-state index in [9.17, 15) is 0 Å². The molecule has 5 heteroatoms. The summed E-state index contributed by atoms with van der Waals surface area (Å²) in [6.07, 6.45) is 6.44. The average Bonchev–Trinajstić information content (AvgIpc) is 2.51. The lowest BCUT2D eigenvalue weighted by Crippen LogP contribution is -2.23. The fourth-order valence-electron chi connectivity index (χ4n) is 2.95. The Hall–Kier alpha value is -1.62. The molecule has 1 aliphatic rings. The second-order valence-electron chi connectivity index (χ2n) is 6.29. The van der Waals surface area contributed by atoms with Gasteiger partial charge in [0.05, 0.1) is 0 Å². The highest BCUT2D eigenvalue weighted by Crippen LogP contribution is 2.24. The number of hydrogen-bond donors (Lipinski definition) is 2. The predicted octanol–water partition coefficient (Wildman–Crippen LogP) is 5.34. The van der Waals surface area contributed by atoms with E-state index in [0.29, 0.717) is 12.0 Å². The molecule has 0 atom stereocenters. The molecule has 1 fully saturated rings. The fraction of sp³-hybridized carbons (Fsp3) is 0.444. The minimum atomic E-state index is 0.541. The van der Waals surface area contributed by atoms with Gasteiger partial charge in [-0.1, -0.05) is 41.3 Å². The van der Waals surface area contributed by atoms with Crippen LogP contribution in [0, 0.1) is 13.8 Å². The third-order valence-corrected chi connectivity index (χ3v) is 5.09. The number of aromatic nitrogens is 2. The first-order valence-electron chi connectivity index (χ1n) is 8.25. The van der Waals surface area contributed by atoms with Gasteiger partial charge in [-0.05, 0) is 44.4 Å². The molecular weight excluding hydrogens is 352 g/mol. The Balaban J connectivity index is 1.75. The SMILES string of the molecule is Cc1cc(NC2CCCCC2)nc(Nc2ccc(C)c(Br)c2)n1. The van der Waals surface area contributed by atoms with Crippen molar-refractivity contribution >= 4 is 33.4 Å². The predicted molar refractivity (Wildman–Crippen MR) is 99.4 cm³/mol. The number of hydrogen-bond acceptors (Lipinski definition) is 4. The number of benzene rings is 1. The molecule has 0 unspecified atom stereocenters. The lowest BCUT2D eigenvalue weighted by Gasteiger charge is -2.23. The van der Waals surface area contributed by atoms with Crippen molar-refractivity contribution in [1.82, 2.24) is 9.97 Å². The van der Waals surface area contributed by atoms with Gasteiger partial charge in [-0.15, -0.1) is 0 Å². The molecule has 4 nitrogen and oxygen atoms in total. The largest absolute Gasteiger partial charge is 0.367 e. The molecule has 0 spiro atoms. The summed E-state index contributed by atoms with van der Waals surface area (Å²) >= 11 is 3.56. The second kappa shape index (κ2) is 7.30. The maximum Gasteiger partial charge on any atom is 0.229 e. The monoisotopic (exact) mass is 374 g/mol. The molecular formula is C18H23BrN4.